The second-order valence-electron chi connectivity index (χ2n) is 7.00. The molecule has 0 radical (unpaired) electrons. The van der Waals surface area contributed by atoms with E-state index >= 15 is 0 Å². The van der Waals surface area contributed by atoms with Gasteiger partial charge < -0.3 is 14.8 Å². The number of nitrogens with one attached hydrogen (secondary N) is 1. The number of benzene rings is 3. The van der Waals surface area contributed by atoms with Gasteiger partial charge in [-0.2, -0.15) is 0 Å². The topological polar surface area (TPSA) is 103 Å². The van der Waals surface area contributed by atoms with Crippen molar-refractivity contribution in [3.63, 3.8) is 0 Å². The van der Waals surface area contributed by atoms with E-state index in [0.29, 0.717) is 29.3 Å². The lowest BCUT2D eigenvalue weighted by Crippen LogP contribution is -2.20. The van der Waals surface area contributed by atoms with Crippen molar-refractivity contribution < 1.29 is 19.2 Å². The minimum atomic E-state index is -0.471. The number of carbonyl (C=O) groups is 1. The summed E-state index contributed by atoms with van der Waals surface area (Å²) in [6.07, 6.45) is 1.56. The zero-order chi connectivity index (χ0) is 23.8. The number of halogens is 1. The first kappa shape index (κ1) is 23.7. The van der Waals surface area contributed by atoms with Crippen LogP contribution in [-0.4, -0.2) is 30.3 Å². The third-order valence-electron chi connectivity index (χ3n) is 4.40. The minimum absolute atomic E-state index is 0.0106. The summed E-state index contributed by atoms with van der Waals surface area (Å²) in [5.41, 5.74) is 2.88. The van der Waals surface area contributed by atoms with Crippen molar-refractivity contribution in [2.24, 2.45) is 4.99 Å². The average Bonchev–Trinajstić information content (AvgIpc) is 2.77. The first-order valence-corrected chi connectivity index (χ1v) is 10.5. The van der Waals surface area contributed by atoms with Crippen LogP contribution in [0.3, 0.4) is 0 Å². The highest BCUT2D eigenvalue weighted by molar-refractivity contribution is 6.32. The van der Waals surface area contributed by atoms with E-state index in [1.165, 1.54) is 12.1 Å². The molecule has 0 bridgehead atoms. The number of hydrogen-bond acceptors (Lipinski definition) is 6. The van der Waals surface area contributed by atoms with Gasteiger partial charge in [-0.3, -0.25) is 19.9 Å². The Hall–Kier alpha value is -3.91. The average molecular weight is 468 g/mol. The number of non-ortho nitro benzene ring substituents is 1. The van der Waals surface area contributed by atoms with Crippen LogP contribution in [0, 0.1) is 17.0 Å². The Labute approximate surface area is 196 Å². The standard InChI is InChI=1S/C24H22ClN3O5/c1-3-32-22-13-17(14-26-18-7-9-20(10-8-18)28(30)31)12-21(25)24(22)33-15-23(29)27-19-6-4-5-16(2)11-19/h4-14H,3,15H2,1-2H3,(H,27,29). The molecule has 1 N–H and O–H groups in total. The molecule has 0 aliphatic heterocycles. The van der Waals surface area contributed by atoms with Gasteiger partial charge in [0, 0.05) is 24.0 Å². The number of rotatable bonds is 9. The lowest BCUT2D eigenvalue weighted by molar-refractivity contribution is -0.384. The summed E-state index contributed by atoms with van der Waals surface area (Å²) in [6.45, 7) is 3.88. The van der Waals surface area contributed by atoms with Gasteiger partial charge in [0.2, 0.25) is 0 Å². The van der Waals surface area contributed by atoms with E-state index in [9.17, 15) is 14.9 Å². The van der Waals surface area contributed by atoms with E-state index in [1.807, 2.05) is 32.0 Å². The lowest BCUT2D eigenvalue weighted by atomic mass is 10.2. The summed E-state index contributed by atoms with van der Waals surface area (Å²) in [4.78, 5) is 26.9. The Balaban J connectivity index is 1.72. The maximum atomic E-state index is 12.3. The molecule has 0 unspecified atom stereocenters. The molecule has 0 saturated carbocycles. The highest BCUT2D eigenvalue weighted by Crippen LogP contribution is 2.36. The molecule has 33 heavy (non-hydrogen) atoms. The van der Waals surface area contributed by atoms with Gasteiger partial charge in [0.25, 0.3) is 11.6 Å². The fourth-order valence-electron chi connectivity index (χ4n) is 2.93. The monoisotopic (exact) mass is 467 g/mol. The molecule has 3 aromatic carbocycles. The molecular weight excluding hydrogens is 446 g/mol. The SMILES string of the molecule is CCOc1cc(C=Nc2ccc([N+](=O)[O-])cc2)cc(Cl)c1OCC(=O)Nc1cccc(C)c1. The summed E-state index contributed by atoms with van der Waals surface area (Å²) in [6, 6.07) is 16.6. The van der Waals surface area contributed by atoms with Gasteiger partial charge in [-0.05, 0) is 61.4 Å². The number of nitrogens with zero attached hydrogens (tertiary/aromatic N) is 2. The van der Waals surface area contributed by atoms with Gasteiger partial charge >= 0.3 is 0 Å². The minimum Gasteiger partial charge on any atom is -0.490 e. The molecule has 3 rings (SSSR count). The smallest absolute Gasteiger partial charge is 0.269 e. The molecule has 0 fully saturated rings. The normalized spacial score (nSPS) is 10.8. The summed E-state index contributed by atoms with van der Waals surface area (Å²) in [5, 5.41) is 13.8. The van der Waals surface area contributed by atoms with Crippen LogP contribution in [0.15, 0.2) is 65.7 Å². The van der Waals surface area contributed by atoms with Crippen molar-refractivity contribution in [2.45, 2.75) is 13.8 Å². The molecule has 8 nitrogen and oxygen atoms in total. The Morgan fingerprint density at radius 2 is 1.91 bits per heavy atom. The van der Waals surface area contributed by atoms with Gasteiger partial charge in [0.05, 0.1) is 22.2 Å². The van der Waals surface area contributed by atoms with Crippen LogP contribution in [0.2, 0.25) is 5.02 Å². The molecule has 0 heterocycles. The van der Waals surface area contributed by atoms with E-state index in [0.717, 1.165) is 5.56 Å². The number of nitro groups is 1. The fraction of sp³-hybridized carbons (Fsp3) is 0.167. The number of ether oxygens (including phenoxy) is 2. The predicted molar refractivity (Wildman–Crippen MR) is 128 cm³/mol. The van der Waals surface area contributed by atoms with Crippen molar-refractivity contribution in [3.05, 3.63) is 86.9 Å². The van der Waals surface area contributed by atoms with Crippen molar-refractivity contribution in [1.29, 1.82) is 0 Å². The first-order chi connectivity index (χ1) is 15.9. The van der Waals surface area contributed by atoms with E-state index in [-0.39, 0.29) is 29.0 Å². The molecule has 0 spiro atoms. The van der Waals surface area contributed by atoms with Crippen LogP contribution in [0.5, 0.6) is 11.5 Å². The Morgan fingerprint density at radius 3 is 2.58 bits per heavy atom. The van der Waals surface area contributed by atoms with Crippen molar-refractivity contribution in [1.82, 2.24) is 0 Å². The summed E-state index contributed by atoms with van der Waals surface area (Å²) in [5.74, 6) is 0.298. The van der Waals surface area contributed by atoms with Crippen molar-refractivity contribution >= 4 is 40.8 Å². The predicted octanol–water partition coefficient (Wildman–Crippen LogP) is 5.72. The number of carbonyl (C=O) groups excluding carboxylic acids is 1. The Morgan fingerprint density at radius 1 is 1.15 bits per heavy atom. The Kier molecular flexibility index (Phi) is 7.99. The largest absolute Gasteiger partial charge is 0.490 e. The first-order valence-electron chi connectivity index (χ1n) is 10.1. The van der Waals surface area contributed by atoms with Crippen LogP contribution in [0.4, 0.5) is 17.1 Å². The van der Waals surface area contributed by atoms with Crippen LogP contribution in [-0.2, 0) is 4.79 Å². The number of nitro benzene ring substituents is 1. The van der Waals surface area contributed by atoms with Crippen LogP contribution in [0.25, 0.3) is 0 Å². The van der Waals surface area contributed by atoms with Gasteiger partial charge in [-0.15, -0.1) is 0 Å². The number of aliphatic imine (C=N–C) groups is 1. The number of aryl methyl sites for hydroxylation is 1. The molecule has 1 amide bonds. The summed E-state index contributed by atoms with van der Waals surface area (Å²) >= 11 is 6.40. The lowest BCUT2D eigenvalue weighted by Gasteiger charge is -2.14. The highest BCUT2D eigenvalue weighted by Gasteiger charge is 2.14. The molecule has 9 heteroatoms. The van der Waals surface area contributed by atoms with Crippen LogP contribution < -0.4 is 14.8 Å². The van der Waals surface area contributed by atoms with Crippen molar-refractivity contribution in [3.8, 4) is 11.5 Å². The Bertz CT molecular complexity index is 1180. The molecular formula is C24H22ClN3O5. The van der Waals surface area contributed by atoms with Gasteiger partial charge in [-0.1, -0.05) is 23.7 Å². The molecule has 170 valence electrons. The fourth-order valence-corrected chi connectivity index (χ4v) is 3.21. The zero-order valence-electron chi connectivity index (χ0n) is 18.1. The summed E-state index contributed by atoms with van der Waals surface area (Å²) in [7, 11) is 0. The molecule has 0 atom stereocenters. The van der Waals surface area contributed by atoms with Gasteiger partial charge in [0.15, 0.2) is 18.1 Å². The molecule has 0 aliphatic carbocycles. The maximum Gasteiger partial charge on any atom is 0.269 e. The highest BCUT2D eigenvalue weighted by atomic mass is 35.5. The number of anilines is 1. The van der Waals surface area contributed by atoms with E-state index in [2.05, 4.69) is 10.3 Å². The van der Waals surface area contributed by atoms with Crippen molar-refractivity contribution in [2.75, 3.05) is 18.5 Å². The molecule has 0 aliphatic rings. The van der Waals surface area contributed by atoms with E-state index < -0.39 is 4.92 Å². The summed E-state index contributed by atoms with van der Waals surface area (Å²) < 4.78 is 11.3. The van der Waals surface area contributed by atoms with Gasteiger partial charge in [0.1, 0.15) is 0 Å². The van der Waals surface area contributed by atoms with E-state index in [1.54, 1.807) is 36.5 Å². The third kappa shape index (κ3) is 6.78. The van der Waals surface area contributed by atoms with Crippen LogP contribution in [0.1, 0.15) is 18.1 Å². The van der Waals surface area contributed by atoms with Crippen LogP contribution >= 0.6 is 11.6 Å². The number of amides is 1. The molecule has 3 aromatic rings. The molecule has 0 aromatic heterocycles. The second kappa shape index (κ2) is 11.1. The molecule has 0 saturated heterocycles. The number of hydrogen-bond donors (Lipinski definition) is 1. The second-order valence-corrected chi connectivity index (χ2v) is 7.41. The van der Waals surface area contributed by atoms with Gasteiger partial charge in [-0.25, -0.2) is 0 Å². The zero-order valence-corrected chi connectivity index (χ0v) is 18.8. The quantitative estimate of drug-likeness (QED) is 0.246. The third-order valence-corrected chi connectivity index (χ3v) is 4.69. The maximum absolute atomic E-state index is 12.3. The van der Waals surface area contributed by atoms with E-state index in [4.69, 9.17) is 21.1 Å².